The van der Waals surface area contributed by atoms with Crippen LogP contribution in [-0.2, 0) is 99.1 Å². The van der Waals surface area contributed by atoms with Crippen LogP contribution < -0.4 is 97.0 Å². The van der Waals surface area contributed by atoms with Crippen molar-refractivity contribution in [3.8, 4) is 5.75 Å². The third-order valence-corrected chi connectivity index (χ3v) is 18.3. The zero-order chi connectivity index (χ0) is 86.2. The van der Waals surface area contributed by atoms with Crippen molar-refractivity contribution in [2.24, 2.45) is 29.0 Å². The summed E-state index contributed by atoms with van der Waals surface area (Å²) in [6, 6.07) is -5.71. The summed E-state index contributed by atoms with van der Waals surface area (Å²) in [6.45, 7) is 6.09. The standard InChI is InChI=1S/C73H111N19O23/c1-8-37(3)60(92-58(100)34-80-64(105)53(35-93)90-67(108)49(24-25-59(101)102)85-70(111)54(36-94)83-41(7)95)71(112)81-39(5)62(103)87-51(29-43-31-77-46-17-11-10-16-45(43)46)63(104)79-32-56(98)78-33-57(99)91-61(38(4)9-2)72(113)86-48(19-13-15-27-75)65(106)84-47(18-12-14-26-74)66(107)89-52(30-55(76)97)69(110)88-50(68(109)82-40(6)73(114)115)28-42-20-22-44(96)23-21-42/h10-11,16-17,20-23,31,37-40,47-54,60-61,77,93-94,96H,8-9,12-15,18-19,24-30,32-36,74-75H2,1-7H3,(H2,76,97)(H,78,98)(H,79,104)(H,80,105)(H,81,112)(H,82,109)(H,83,95)(H,84,106)(H,85,111)(H,86,113)(H,87,103)(H,88,110)(H,89,107)(H,90,108)(H,91,99)(H,92,100)(H,101,102)(H,114,115)/t37-,38-,39-,40-,47-,48-,49-,50-,51-,52-,53-,54-,60-,61-/m0/s1. The lowest BCUT2D eigenvalue weighted by atomic mass is 9.97. The lowest BCUT2D eigenvalue weighted by molar-refractivity contribution is -0.142. The Morgan fingerprint density at radius 1 is 0.435 bits per heavy atom. The van der Waals surface area contributed by atoms with Gasteiger partial charge in [0.2, 0.25) is 94.5 Å². The SMILES string of the molecule is CC[C@H](C)[C@H](NC(=O)CNC(=O)[C@H](CO)NC(=O)[C@H](CCC(=O)O)NC(=O)[C@H](CO)NC(C)=O)C(=O)N[C@@H](C)C(=O)N[C@@H](Cc1c[nH]c2ccccc12)C(=O)NCC(=O)NCC(=O)N[C@H](C(=O)N[C@@H](CCCCN)C(=O)N[C@@H](CCCCN)C(=O)N[C@@H](CC(N)=O)C(=O)N[C@@H](Cc1ccc(O)cc1)C(=O)N[C@@H](C)C(=O)O)[C@@H](C)CC. The number of unbranched alkanes of at least 4 members (excludes halogenated alkanes) is 2. The van der Waals surface area contributed by atoms with Crippen molar-refractivity contribution in [2.75, 3.05) is 45.9 Å². The normalized spacial score (nSPS) is 14.7. The van der Waals surface area contributed by atoms with Gasteiger partial charge in [0.1, 0.15) is 78.3 Å². The van der Waals surface area contributed by atoms with Gasteiger partial charge in [0.15, 0.2) is 0 Å². The Morgan fingerprint density at radius 3 is 1.36 bits per heavy atom. The molecule has 2 aromatic carbocycles. The van der Waals surface area contributed by atoms with E-state index in [0.717, 1.165) is 6.92 Å². The lowest BCUT2D eigenvalue weighted by Gasteiger charge is -2.28. The number of aromatic hydroxyl groups is 1. The minimum atomic E-state index is -1.79. The summed E-state index contributed by atoms with van der Waals surface area (Å²) in [5, 5.41) is 84.8. The van der Waals surface area contributed by atoms with Gasteiger partial charge in [-0.1, -0.05) is 70.9 Å². The molecule has 27 N–H and O–H groups in total. The summed E-state index contributed by atoms with van der Waals surface area (Å²) < 4.78 is 0. The number of para-hydroxylation sites is 1. The van der Waals surface area contributed by atoms with Gasteiger partial charge in [-0.15, -0.1) is 0 Å². The van der Waals surface area contributed by atoms with E-state index in [-0.39, 0.29) is 70.2 Å². The predicted octanol–water partition coefficient (Wildman–Crippen LogP) is -6.96. The number of carbonyl (C=O) groups is 18. The summed E-state index contributed by atoms with van der Waals surface area (Å²) in [7, 11) is 0. The number of aliphatic carboxylic acids is 2. The Morgan fingerprint density at radius 2 is 0.852 bits per heavy atom. The van der Waals surface area contributed by atoms with Crippen molar-refractivity contribution in [1.82, 2.24) is 84.7 Å². The molecule has 0 saturated heterocycles. The van der Waals surface area contributed by atoms with Gasteiger partial charge >= 0.3 is 11.9 Å². The smallest absolute Gasteiger partial charge is 0.325 e. The molecule has 0 saturated carbocycles. The highest BCUT2D eigenvalue weighted by molar-refractivity contribution is 6.01. The molecule has 3 rings (SSSR count). The monoisotopic (exact) mass is 1620 g/mol. The second kappa shape index (κ2) is 50.2. The van der Waals surface area contributed by atoms with E-state index < -0.39 is 243 Å². The second-order valence-electron chi connectivity index (χ2n) is 27.5. The molecule has 0 bridgehead atoms. The van der Waals surface area contributed by atoms with Crippen LogP contribution in [0.2, 0.25) is 0 Å². The number of fused-ring (bicyclic) bond motifs is 1. The Hall–Kier alpha value is -11.9. The maximum Gasteiger partial charge on any atom is 0.325 e. The quantitative estimate of drug-likeness (QED) is 0.0234. The third-order valence-electron chi connectivity index (χ3n) is 18.3. The highest BCUT2D eigenvalue weighted by Gasteiger charge is 2.37. The van der Waals surface area contributed by atoms with E-state index in [0.29, 0.717) is 34.9 Å². The lowest BCUT2D eigenvalue weighted by Crippen LogP contribution is -2.60. The second-order valence-corrected chi connectivity index (χ2v) is 27.5. The van der Waals surface area contributed by atoms with Crippen molar-refractivity contribution < 1.29 is 112 Å². The van der Waals surface area contributed by atoms with E-state index in [1.807, 2.05) is 0 Å². The van der Waals surface area contributed by atoms with E-state index >= 15 is 0 Å². The highest BCUT2D eigenvalue weighted by atomic mass is 16.4. The van der Waals surface area contributed by atoms with Crippen LogP contribution in [-0.4, -0.2) is 255 Å². The first-order valence-electron chi connectivity index (χ1n) is 37.5. The van der Waals surface area contributed by atoms with Gasteiger partial charge in [0.25, 0.3) is 0 Å². The van der Waals surface area contributed by atoms with Gasteiger partial charge in [-0.25, -0.2) is 0 Å². The third kappa shape index (κ3) is 34.5. The predicted molar refractivity (Wildman–Crippen MR) is 410 cm³/mol. The van der Waals surface area contributed by atoms with Gasteiger partial charge in [-0.05, 0) is 113 Å². The molecular weight excluding hydrogens is 1510 g/mol. The van der Waals surface area contributed by atoms with Crippen LogP contribution in [0.3, 0.4) is 0 Å². The van der Waals surface area contributed by atoms with Gasteiger partial charge < -0.3 is 127 Å². The number of carboxylic acid groups (broad SMARTS) is 2. The largest absolute Gasteiger partial charge is 0.508 e. The number of phenolic OH excluding ortho intramolecular Hbond substituents is 1. The van der Waals surface area contributed by atoms with Crippen molar-refractivity contribution in [2.45, 2.75) is 204 Å². The molecule has 1 heterocycles. The number of amides is 16. The number of H-pyrrole nitrogens is 1. The van der Waals surface area contributed by atoms with Gasteiger partial charge in [0.05, 0.1) is 39.3 Å². The summed E-state index contributed by atoms with van der Waals surface area (Å²) in [5.41, 5.74) is 18.7. The van der Waals surface area contributed by atoms with Crippen LogP contribution in [0.15, 0.2) is 54.7 Å². The number of primary amides is 1. The van der Waals surface area contributed by atoms with Crippen LogP contribution in [0.25, 0.3) is 10.9 Å². The number of rotatable bonds is 53. The number of benzene rings is 2. The minimum Gasteiger partial charge on any atom is -0.508 e. The fourth-order valence-electron chi connectivity index (χ4n) is 11.3. The van der Waals surface area contributed by atoms with Gasteiger partial charge in [0, 0.05) is 43.3 Å². The Kier molecular flexibility index (Phi) is 42.5. The Balaban J connectivity index is 1.76. The minimum absolute atomic E-state index is 0.0551. The van der Waals surface area contributed by atoms with Crippen LogP contribution in [0.4, 0.5) is 0 Å². The van der Waals surface area contributed by atoms with Crippen LogP contribution >= 0.6 is 0 Å². The number of aliphatic hydroxyl groups excluding tert-OH is 2. The first-order valence-corrected chi connectivity index (χ1v) is 37.5. The van der Waals surface area contributed by atoms with Gasteiger partial charge in [-0.3, -0.25) is 86.3 Å². The molecular formula is C73H111N19O23. The molecule has 0 fully saturated rings. The van der Waals surface area contributed by atoms with E-state index in [1.54, 1.807) is 58.2 Å². The zero-order valence-electron chi connectivity index (χ0n) is 65.2. The Labute approximate surface area is 662 Å². The summed E-state index contributed by atoms with van der Waals surface area (Å²) >= 11 is 0. The summed E-state index contributed by atoms with van der Waals surface area (Å²) in [4.78, 5) is 242. The highest BCUT2D eigenvalue weighted by Crippen LogP contribution is 2.20. The molecule has 0 spiro atoms. The van der Waals surface area contributed by atoms with Crippen LogP contribution in [0.5, 0.6) is 5.75 Å². The number of phenols is 1. The van der Waals surface area contributed by atoms with Crippen molar-refractivity contribution in [3.05, 3.63) is 65.9 Å². The molecule has 636 valence electrons. The molecule has 42 nitrogen and oxygen atoms in total. The molecule has 14 atom stereocenters. The van der Waals surface area contributed by atoms with E-state index in [4.69, 9.17) is 17.2 Å². The molecule has 3 aromatic rings. The molecule has 115 heavy (non-hydrogen) atoms. The topological polar surface area (TPSA) is 683 Å². The van der Waals surface area contributed by atoms with Crippen molar-refractivity contribution >= 4 is 117 Å². The first-order chi connectivity index (χ1) is 54.4. The number of nitrogens with one attached hydrogen (secondary N) is 16. The maximum absolute atomic E-state index is 14.4. The summed E-state index contributed by atoms with van der Waals surface area (Å²) in [5.74, 6) is -19.7. The van der Waals surface area contributed by atoms with E-state index in [1.165, 1.54) is 38.1 Å². The number of carboxylic acids is 2. The Bertz CT molecular complexity index is 3860. The number of aromatic nitrogens is 1. The van der Waals surface area contributed by atoms with Crippen LogP contribution in [0.1, 0.15) is 130 Å². The molecule has 42 heteroatoms. The number of carbonyl (C=O) groups excluding carboxylic acids is 16. The maximum atomic E-state index is 14.4. The fraction of sp³-hybridized carbons (Fsp3) is 0.562. The van der Waals surface area contributed by atoms with E-state index in [2.05, 4.69) is 84.7 Å². The number of aromatic amines is 1. The summed E-state index contributed by atoms with van der Waals surface area (Å²) in [6.07, 6.45) is 0.722. The molecule has 0 aliphatic carbocycles. The van der Waals surface area contributed by atoms with Crippen molar-refractivity contribution in [1.29, 1.82) is 0 Å². The fourth-order valence-corrected chi connectivity index (χ4v) is 11.3. The van der Waals surface area contributed by atoms with Crippen molar-refractivity contribution in [3.63, 3.8) is 0 Å². The number of aliphatic hydroxyl groups is 2. The number of hydrogen-bond acceptors (Lipinski definition) is 23. The molecule has 0 aliphatic heterocycles. The molecule has 0 unspecified atom stereocenters. The average molecular weight is 1620 g/mol. The van der Waals surface area contributed by atoms with E-state index in [9.17, 15) is 112 Å². The number of nitrogens with two attached hydrogens (primary N) is 3. The average Bonchev–Trinajstić information content (AvgIpc) is 1.69. The van der Waals surface area contributed by atoms with Gasteiger partial charge in [-0.2, -0.15) is 0 Å². The number of hydrogen-bond donors (Lipinski definition) is 24. The molecule has 0 radical (unpaired) electrons. The zero-order valence-corrected chi connectivity index (χ0v) is 65.2. The molecule has 1 aromatic heterocycles. The molecule has 16 amide bonds. The van der Waals surface area contributed by atoms with Crippen LogP contribution in [0, 0.1) is 11.8 Å². The molecule has 0 aliphatic rings. The first kappa shape index (κ1) is 97.3.